The van der Waals surface area contributed by atoms with E-state index in [-0.39, 0.29) is 11.9 Å². The molecule has 2 fully saturated rings. The summed E-state index contributed by atoms with van der Waals surface area (Å²) in [6, 6.07) is 0.285. The molecule has 1 amide bonds. The average Bonchev–Trinajstić information content (AvgIpc) is 2.68. The van der Waals surface area contributed by atoms with Gasteiger partial charge in [-0.15, -0.1) is 0 Å². The van der Waals surface area contributed by atoms with Crippen molar-refractivity contribution < 1.29 is 9.53 Å². The first-order valence-corrected chi connectivity index (χ1v) is 5.86. The summed E-state index contributed by atoms with van der Waals surface area (Å²) >= 11 is 0. The molecule has 2 saturated heterocycles. The highest BCUT2D eigenvalue weighted by atomic mass is 16.5. The fourth-order valence-corrected chi connectivity index (χ4v) is 2.27. The van der Waals surface area contributed by atoms with Gasteiger partial charge in [-0.2, -0.15) is 0 Å². The number of carbonyl (C=O) groups excluding carboxylic acids is 1. The van der Waals surface area contributed by atoms with Crippen LogP contribution in [0, 0.1) is 0 Å². The minimum Gasteiger partial charge on any atom is -0.365 e. The summed E-state index contributed by atoms with van der Waals surface area (Å²) in [7, 11) is 0. The van der Waals surface area contributed by atoms with Crippen molar-refractivity contribution in [3.63, 3.8) is 0 Å². The van der Waals surface area contributed by atoms with E-state index in [1.54, 1.807) is 0 Å². The van der Waals surface area contributed by atoms with Crippen LogP contribution in [0.2, 0.25) is 0 Å². The molecule has 4 nitrogen and oxygen atoms in total. The van der Waals surface area contributed by atoms with Crippen molar-refractivity contribution in [1.29, 1.82) is 0 Å². The fraction of sp³-hybridized carbons (Fsp3) is 0.909. The number of piperidine rings is 1. The van der Waals surface area contributed by atoms with E-state index >= 15 is 0 Å². The van der Waals surface area contributed by atoms with Gasteiger partial charge in [-0.05, 0) is 39.2 Å². The van der Waals surface area contributed by atoms with Crippen LogP contribution < -0.4 is 10.6 Å². The third-order valence-corrected chi connectivity index (χ3v) is 3.33. The lowest BCUT2D eigenvalue weighted by Crippen LogP contribution is -2.52. The Bertz CT molecular complexity index is 231. The van der Waals surface area contributed by atoms with Crippen molar-refractivity contribution in [3.8, 4) is 0 Å². The molecule has 0 bridgehead atoms. The summed E-state index contributed by atoms with van der Waals surface area (Å²) in [5.74, 6) is 0.0636. The molecule has 0 aromatic carbocycles. The fourth-order valence-electron chi connectivity index (χ4n) is 2.27. The number of hydrogen-bond acceptors (Lipinski definition) is 3. The zero-order chi connectivity index (χ0) is 10.7. The van der Waals surface area contributed by atoms with Crippen molar-refractivity contribution in [2.75, 3.05) is 19.7 Å². The molecule has 2 atom stereocenters. The molecule has 2 heterocycles. The predicted octanol–water partition coefficient (Wildman–Crippen LogP) is 0.424. The lowest BCUT2D eigenvalue weighted by molar-refractivity contribution is -0.140. The summed E-state index contributed by atoms with van der Waals surface area (Å²) in [5.41, 5.74) is -0.572. The zero-order valence-electron chi connectivity index (χ0n) is 9.34. The molecule has 15 heavy (non-hydrogen) atoms. The Hall–Kier alpha value is -0.610. The minimum atomic E-state index is -0.572. The molecule has 86 valence electrons. The highest BCUT2D eigenvalue weighted by molar-refractivity contribution is 5.85. The van der Waals surface area contributed by atoms with Crippen LogP contribution >= 0.6 is 0 Å². The lowest BCUT2D eigenvalue weighted by atomic mass is 10.00. The first kappa shape index (κ1) is 10.9. The molecule has 2 aliphatic heterocycles. The number of rotatable bonds is 2. The first-order chi connectivity index (χ1) is 7.21. The molecule has 1 unspecified atom stereocenters. The molecule has 0 saturated carbocycles. The average molecular weight is 212 g/mol. The smallest absolute Gasteiger partial charge is 0.252 e. The van der Waals surface area contributed by atoms with Gasteiger partial charge in [0.1, 0.15) is 5.60 Å². The van der Waals surface area contributed by atoms with Crippen LogP contribution in [0.15, 0.2) is 0 Å². The lowest BCUT2D eigenvalue weighted by Gasteiger charge is -2.28. The molecule has 0 aromatic rings. The van der Waals surface area contributed by atoms with Crippen LogP contribution in [-0.2, 0) is 9.53 Å². The van der Waals surface area contributed by atoms with Gasteiger partial charge in [0.15, 0.2) is 0 Å². The van der Waals surface area contributed by atoms with Crippen LogP contribution in [0.1, 0.15) is 32.6 Å². The third-order valence-electron chi connectivity index (χ3n) is 3.33. The van der Waals surface area contributed by atoms with E-state index in [0.717, 1.165) is 38.8 Å². The van der Waals surface area contributed by atoms with E-state index in [2.05, 4.69) is 10.6 Å². The van der Waals surface area contributed by atoms with Crippen molar-refractivity contribution in [2.45, 2.75) is 44.2 Å². The van der Waals surface area contributed by atoms with Gasteiger partial charge in [0.25, 0.3) is 5.91 Å². The second-order valence-electron chi connectivity index (χ2n) is 4.70. The maximum atomic E-state index is 12.0. The Balaban J connectivity index is 1.85. The van der Waals surface area contributed by atoms with Crippen molar-refractivity contribution >= 4 is 5.91 Å². The Labute approximate surface area is 90.8 Å². The summed E-state index contributed by atoms with van der Waals surface area (Å²) < 4.78 is 5.51. The van der Waals surface area contributed by atoms with Crippen molar-refractivity contribution in [2.24, 2.45) is 0 Å². The molecule has 2 rings (SSSR count). The van der Waals surface area contributed by atoms with Crippen LogP contribution in [0.3, 0.4) is 0 Å². The Morgan fingerprint density at radius 2 is 2.40 bits per heavy atom. The number of ether oxygens (including phenoxy) is 1. The summed E-state index contributed by atoms with van der Waals surface area (Å²) in [6.45, 7) is 4.57. The Kier molecular flexibility index (Phi) is 3.26. The van der Waals surface area contributed by atoms with Gasteiger partial charge in [-0.25, -0.2) is 0 Å². The first-order valence-electron chi connectivity index (χ1n) is 5.86. The molecule has 2 N–H and O–H groups in total. The normalized spacial score (nSPS) is 36.5. The van der Waals surface area contributed by atoms with E-state index < -0.39 is 5.60 Å². The molecule has 4 heteroatoms. The second-order valence-corrected chi connectivity index (χ2v) is 4.70. The van der Waals surface area contributed by atoms with Crippen molar-refractivity contribution in [3.05, 3.63) is 0 Å². The van der Waals surface area contributed by atoms with Gasteiger partial charge in [0, 0.05) is 19.2 Å². The monoisotopic (exact) mass is 212 g/mol. The Morgan fingerprint density at radius 3 is 3.00 bits per heavy atom. The largest absolute Gasteiger partial charge is 0.365 e. The number of nitrogens with one attached hydrogen (secondary N) is 2. The van der Waals surface area contributed by atoms with E-state index in [1.807, 2.05) is 6.92 Å². The molecular formula is C11H20N2O2. The van der Waals surface area contributed by atoms with Gasteiger partial charge in [0.2, 0.25) is 0 Å². The molecular weight excluding hydrogens is 192 g/mol. The standard InChI is InChI=1S/C11H20N2O2/c1-11(5-3-7-15-11)10(14)13-9-4-2-6-12-8-9/h9,12H,2-8H2,1H3,(H,13,14)/t9-,11?/m0/s1. The molecule has 2 aliphatic rings. The van der Waals surface area contributed by atoms with Crippen molar-refractivity contribution in [1.82, 2.24) is 10.6 Å². The topological polar surface area (TPSA) is 50.4 Å². The summed E-state index contributed by atoms with van der Waals surface area (Å²) in [5, 5.41) is 6.36. The van der Waals surface area contributed by atoms with Gasteiger partial charge in [-0.1, -0.05) is 0 Å². The van der Waals surface area contributed by atoms with E-state index in [9.17, 15) is 4.79 Å². The third kappa shape index (κ3) is 2.49. The van der Waals surface area contributed by atoms with E-state index in [0.29, 0.717) is 6.61 Å². The predicted molar refractivity (Wildman–Crippen MR) is 57.6 cm³/mol. The minimum absolute atomic E-state index is 0.0636. The van der Waals surface area contributed by atoms with Gasteiger partial charge in [0.05, 0.1) is 0 Å². The highest BCUT2D eigenvalue weighted by Crippen LogP contribution is 2.25. The van der Waals surface area contributed by atoms with Gasteiger partial charge < -0.3 is 15.4 Å². The second kappa shape index (κ2) is 4.49. The zero-order valence-corrected chi connectivity index (χ0v) is 9.34. The SMILES string of the molecule is CC1(C(=O)N[C@H]2CCCNC2)CCCO1. The van der Waals surface area contributed by atoms with Crippen LogP contribution in [0.4, 0.5) is 0 Å². The molecule has 0 aromatic heterocycles. The molecule has 0 radical (unpaired) electrons. The summed E-state index contributed by atoms with van der Waals surface area (Å²) in [4.78, 5) is 12.0. The number of hydrogen-bond donors (Lipinski definition) is 2. The maximum Gasteiger partial charge on any atom is 0.252 e. The maximum absolute atomic E-state index is 12.0. The van der Waals surface area contributed by atoms with Crippen LogP contribution in [0.25, 0.3) is 0 Å². The van der Waals surface area contributed by atoms with Crippen LogP contribution in [-0.4, -0.2) is 37.2 Å². The van der Waals surface area contributed by atoms with Gasteiger partial charge in [-0.3, -0.25) is 4.79 Å². The Morgan fingerprint density at radius 1 is 1.53 bits per heavy atom. The molecule has 0 spiro atoms. The highest BCUT2D eigenvalue weighted by Gasteiger charge is 2.38. The van der Waals surface area contributed by atoms with Crippen LogP contribution in [0.5, 0.6) is 0 Å². The van der Waals surface area contributed by atoms with E-state index in [4.69, 9.17) is 4.74 Å². The van der Waals surface area contributed by atoms with Gasteiger partial charge >= 0.3 is 0 Å². The molecule has 0 aliphatic carbocycles. The number of carbonyl (C=O) groups is 1. The van der Waals surface area contributed by atoms with E-state index in [1.165, 1.54) is 0 Å². The summed E-state index contributed by atoms with van der Waals surface area (Å²) in [6.07, 6.45) is 4.06. The number of amides is 1. The quantitative estimate of drug-likeness (QED) is 0.697.